The van der Waals surface area contributed by atoms with Crippen LogP contribution in [0, 0.1) is 0 Å². The number of likely N-dealkylation sites (tertiary alicyclic amines) is 1. The highest BCUT2D eigenvalue weighted by Crippen LogP contribution is 2.33. The average molecular weight is 331 g/mol. The van der Waals surface area contributed by atoms with E-state index >= 15 is 0 Å². The van der Waals surface area contributed by atoms with Crippen LogP contribution >= 0.6 is 0 Å². The van der Waals surface area contributed by atoms with Crippen LogP contribution in [-0.4, -0.2) is 36.0 Å². The molecule has 5 heteroatoms. The minimum Gasteiger partial charge on any atom is -0.454 e. The summed E-state index contributed by atoms with van der Waals surface area (Å²) in [5.41, 5.74) is 0.619. The van der Waals surface area contributed by atoms with Crippen LogP contribution in [0.4, 0.5) is 4.79 Å². The maximum atomic E-state index is 12.3. The highest BCUT2D eigenvalue weighted by atomic mass is 16.7. The molecule has 0 spiro atoms. The molecule has 24 heavy (non-hydrogen) atoms. The van der Waals surface area contributed by atoms with Crippen LogP contribution < -0.4 is 9.47 Å². The fourth-order valence-corrected chi connectivity index (χ4v) is 3.02. The standard InChI is InChI=1S/C19H25NO4/c1-19(2,3)24-18(21)20-11-5-8-15(20)7-4-6-14-9-10-16-17(12-14)23-13-22-16/h4,6,9-10,12,15H,5,7-8,11,13H2,1-3H3/b6-4+. The summed E-state index contributed by atoms with van der Waals surface area (Å²) in [7, 11) is 0. The Kier molecular flexibility index (Phi) is 4.69. The summed E-state index contributed by atoms with van der Waals surface area (Å²) >= 11 is 0. The Balaban J connectivity index is 1.58. The maximum absolute atomic E-state index is 12.3. The quantitative estimate of drug-likeness (QED) is 0.832. The third-order valence-corrected chi connectivity index (χ3v) is 4.12. The van der Waals surface area contributed by atoms with Gasteiger partial charge in [0.1, 0.15) is 5.60 Å². The number of nitrogens with zero attached hydrogens (tertiary/aromatic N) is 1. The van der Waals surface area contributed by atoms with E-state index in [1.54, 1.807) is 0 Å². The number of hydrogen-bond donors (Lipinski definition) is 0. The molecule has 5 nitrogen and oxygen atoms in total. The summed E-state index contributed by atoms with van der Waals surface area (Å²) in [4.78, 5) is 14.1. The number of amides is 1. The topological polar surface area (TPSA) is 48.0 Å². The Labute approximate surface area is 143 Å². The summed E-state index contributed by atoms with van der Waals surface area (Å²) in [5, 5.41) is 0. The molecule has 0 aliphatic carbocycles. The predicted octanol–water partition coefficient (Wildman–Crippen LogP) is 4.22. The molecule has 0 saturated carbocycles. The molecule has 0 aromatic heterocycles. The predicted molar refractivity (Wildman–Crippen MR) is 92.2 cm³/mol. The minimum absolute atomic E-state index is 0.207. The van der Waals surface area contributed by atoms with Gasteiger partial charge in [0.15, 0.2) is 11.5 Å². The molecule has 1 unspecified atom stereocenters. The van der Waals surface area contributed by atoms with Gasteiger partial charge in [-0.3, -0.25) is 0 Å². The van der Waals surface area contributed by atoms with E-state index in [1.165, 1.54) is 0 Å². The fourth-order valence-electron chi connectivity index (χ4n) is 3.02. The molecule has 0 bridgehead atoms. The zero-order valence-electron chi connectivity index (χ0n) is 14.6. The fraction of sp³-hybridized carbons (Fsp3) is 0.526. The van der Waals surface area contributed by atoms with E-state index in [0.29, 0.717) is 0 Å². The van der Waals surface area contributed by atoms with Gasteiger partial charge < -0.3 is 19.1 Å². The molecule has 130 valence electrons. The smallest absolute Gasteiger partial charge is 0.410 e. The van der Waals surface area contributed by atoms with Gasteiger partial charge in [0.05, 0.1) is 0 Å². The van der Waals surface area contributed by atoms with Gasteiger partial charge in [0.2, 0.25) is 6.79 Å². The lowest BCUT2D eigenvalue weighted by atomic mass is 10.1. The van der Waals surface area contributed by atoms with Gasteiger partial charge in [0.25, 0.3) is 0 Å². The van der Waals surface area contributed by atoms with Crippen molar-refractivity contribution in [2.75, 3.05) is 13.3 Å². The SMILES string of the molecule is CC(C)(C)OC(=O)N1CCCC1C/C=C/c1ccc2c(c1)OCO2. The van der Waals surface area contributed by atoms with Crippen molar-refractivity contribution in [1.82, 2.24) is 4.90 Å². The highest BCUT2D eigenvalue weighted by Gasteiger charge is 2.31. The molecule has 1 aromatic rings. The second-order valence-corrected chi connectivity index (χ2v) is 7.22. The zero-order chi connectivity index (χ0) is 17.2. The van der Waals surface area contributed by atoms with Gasteiger partial charge in [-0.1, -0.05) is 18.2 Å². The lowest BCUT2D eigenvalue weighted by Crippen LogP contribution is -2.39. The molecule has 1 fully saturated rings. The van der Waals surface area contributed by atoms with E-state index in [1.807, 2.05) is 43.9 Å². The molecule has 1 aromatic carbocycles. The van der Waals surface area contributed by atoms with Gasteiger partial charge >= 0.3 is 6.09 Å². The molecule has 1 saturated heterocycles. The summed E-state index contributed by atoms with van der Waals surface area (Å²) in [6.45, 7) is 6.76. The molecule has 2 aliphatic heterocycles. The Morgan fingerprint density at radius 1 is 1.33 bits per heavy atom. The third kappa shape index (κ3) is 4.02. The highest BCUT2D eigenvalue weighted by molar-refractivity contribution is 5.69. The minimum atomic E-state index is -0.452. The van der Waals surface area contributed by atoms with E-state index in [-0.39, 0.29) is 18.9 Å². The molecule has 2 aliphatic rings. The second-order valence-electron chi connectivity index (χ2n) is 7.22. The van der Waals surface area contributed by atoms with Gasteiger partial charge in [-0.15, -0.1) is 0 Å². The van der Waals surface area contributed by atoms with Gasteiger partial charge in [-0.05, 0) is 57.7 Å². The summed E-state index contributed by atoms with van der Waals surface area (Å²) in [5.74, 6) is 1.58. The Bertz CT molecular complexity index is 633. The normalized spacial score (nSPS) is 20.0. The van der Waals surface area contributed by atoms with Crippen molar-refractivity contribution in [1.29, 1.82) is 0 Å². The Morgan fingerprint density at radius 3 is 2.92 bits per heavy atom. The first-order chi connectivity index (χ1) is 11.4. The van der Waals surface area contributed by atoms with Crippen molar-refractivity contribution in [3.8, 4) is 11.5 Å². The number of carbonyl (C=O) groups excluding carboxylic acids is 1. The average Bonchev–Trinajstić information content (AvgIpc) is 3.13. The molecule has 2 heterocycles. The Morgan fingerprint density at radius 2 is 2.12 bits per heavy atom. The van der Waals surface area contributed by atoms with E-state index in [9.17, 15) is 4.79 Å². The largest absolute Gasteiger partial charge is 0.454 e. The van der Waals surface area contributed by atoms with Crippen molar-refractivity contribution in [3.63, 3.8) is 0 Å². The molecule has 1 amide bonds. The molecular weight excluding hydrogens is 306 g/mol. The van der Waals surface area contributed by atoms with Crippen molar-refractivity contribution in [2.24, 2.45) is 0 Å². The van der Waals surface area contributed by atoms with E-state index in [4.69, 9.17) is 14.2 Å². The monoisotopic (exact) mass is 331 g/mol. The second kappa shape index (κ2) is 6.75. The summed E-state index contributed by atoms with van der Waals surface area (Å²) in [6.07, 6.45) is 6.85. The van der Waals surface area contributed by atoms with Crippen LogP contribution in [0.25, 0.3) is 6.08 Å². The molecular formula is C19H25NO4. The molecule has 3 rings (SSSR count). The summed E-state index contributed by atoms with van der Waals surface area (Å²) < 4.78 is 16.2. The van der Waals surface area contributed by atoms with Gasteiger partial charge in [0, 0.05) is 12.6 Å². The van der Waals surface area contributed by atoms with Crippen LogP contribution in [0.15, 0.2) is 24.3 Å². The molecule has 0 radical (unpaired) electrons. The van der Waals surface area contributed by atoms with Gasteiger partial charge in [-0.25, -0.2) is 4.79 Å². The summed E-state index contributed by atoms with van der Waals surface area (Å²) in [6, 6.07) is 6.11. The first kappa shape index (κ1) is 16.7. The third-order valence-electron chi connectivity index (χ3n) is 4.12. The first-order valence-corrected chi connectivity index (χ1v) is 8.48. The lowest BCUT2D eigenvalue weighted by molar-refractivity contribution is 0.0228. The maximum Gasteiger partial charge on any atom is 0.410 e. The van der Waals surface area contributed by atoms with Crippen LogP contribution in [-0.2, 0) is 4.74 Å². The number of ether oxygens (including phenoxy) is 3. The van der Waals surface area contributed by atoms with Crippen LogP contribution in [0.1, 0.15) is 45.6 Å². The van der Waals surface area contributed by atoms with Crippen molar-refractivity contribution in [3.05, 3.63) is 29.8 Å². The lowest BCUT2D eigenvalue weighted by Gasteiger charge is -2.28. The number of carbonyl (C=O) groups is 1. The number of fused-ring (bicyclic) bond motifs is 1. The van der Waals surface area contributed by atoms with E-state index in [2.05, 4.69) is 12.2 Å². The zero-order valence-corrected chi connectivity index (χ0v) is 14.6. The molecule has 0 N–H and O–H groups in total. The molecule has 1 atom stereocenters. The van der Waals surface area contributed by atoms with E-state index < -0.39 is 5.60 Å². The van der Waals surface area contributed by atoms with Crippen molar-refractivity contribution >= 4 is 12.2 Å². The van der Waals surface area contributed by atoms with Crippen molar-refractivity contribution in [2.45, 2.75) is 51.7 Å². The van der Waals surface area contributed by atoms with E-state index in [0.717, 1.165) is 42.9 Å². The van der Waals surface area contributed by atoms with Gasteiger partial charge in [-0.2, -0.15) is 0 Å². The van der Waals surface area contributed by atoms with Crippen LogP contribution in [0.5, 0.6) is 11.5 Å². The van der Waals surface area contributed by atoms with Crippen molar-refractivity contribution < 1.29 is 19.0 Å². The number of rotatable bonds is 3. The Hall–Kier alpha value is -2.17. The van der Waals surface area contributed by atoms with Crippen LogP contribution in [0.2, 0.25) is 0 Å². The number of benzene rings is 1. The number of hydrogen-bond acceptors (Lipinski definition) is 4. The van der Waals surface area contributed by atoms with Crippen LogP contribution in [0.3, 0.4) is 0 Å². The first-order valence-electron chi connectivity index (χ1n) is 8.48.